The number of non-ortho nitro benzene ring substituents is 1. The maximum absolute atomic E-state index is 10.7. The van der Waals surface area contributed by atoms with E-state index in [-0.39, 0.29) is 10.6 Å². The van der Waals surface area contributed by atoms with Gasteiger partial charge >= 0.3 is 0 Å². The van der Waals surface area contributed by atoms with E-state index in [1.165, 1.54) is 17.8 Å². The number of nitro groups is 1. The molecule has 0 aliphatic heterocycles. The molecule has 0 bridgehead atoms. The fourth-order valence-electron chi connectivity index (χ4n) is 1.61. The van der Waals surface area contributed by atoms with E-state index >= 15 is 0 Å². The van der Waals surface area contributed by atoms with Crippen LogP contribution in [0.5, 0.6) is 0 Å². The lowest BCUT2D eigenvalue weighted by Crippen LogP contribution is -2.07. The lowest BCUT2D eigenvalue weighted by molar-refractivity contribution is -0.385. The summed E-state index contributed by atoms with van der Waals surface area (Å²) in [5, 5.41) is 10.7. The molecule has 0 saturated heterocycles. The zero-order valence-electron chi connectivity index (χ0n) is 10.7. The van der Waals surface area contributed by atoms with Gasteiger partial charge in [-0.1, -0.05) is 17.8 Å². The second-order valence-electron chi connectivity index (χ2n) is 4.24. The first-order chi connectivity index (χ1) is 9.06. The van der Waals surface area contributed by atoms with Crippen molar-refractivity contribution in [3.8, 4) is 0 Å². The second kappa shape index (κ2) is 5.75. The van der Waals surface area contributed by atoms with E-state index in [0.29, 0.717) is 0 Å². The first kappa shape index (κ1) is 13.4. The van der Waals surface area contributed by atoms with Crippen LogP contribution in [0.1, 0.15) is 0 Å². The number of nitrogens with zero attached hydrogens (tertiary/aromatic N) is 2. The smallest absolute Gasteiger partial charge is 0.270 e. The van der Waals surface area contributed by atoms with Crippen molar-refractivity contribution in [1.29, 1.82) is 0 Å². The van der Waals surface area contributed by atoms with Gasteiger partial charge in [0, 0.05) is 41.7 Å². The highest BCUT2D eigenvalue weighted by Crippen LogP contribution is 2.30. The molecule has 0 N–H and O–H groups in total. The maximum atomic E-state index is 10.7. The van der Waals surface area contributed by atoms with Crippen LogP contribution < -0.4 is 4.90 Å². The molecule has 5 heteroatoms. The lowest BCUT2D eigenvalue weighted by atomic mass is 10.3. The third-order valence-corrected chi connectivity index (χ3v) is 3.61. The minimum atomic E-state index is -0.376. The Morgan fingerprint density at radius 3 is 2.32 bits per heavy atom. The molecule has 2 aromatic carbocycles. The van der Waals surface area contributed by atoms with Crippen LogP contribution >= 0.6 is 11.8 Å². The van der Waals surface area contributed by atoms with Gasteiger partial charge in [0.15, 0.2) is 0 Å². The predicted octanol–water partition coefficient (Wildman–Crippen LogP) is 3.81. The van der Waals surface area contributed by atoms with E-state index in [4.69, 9.17) is 0 Å². The Hall–Kier alpha value is -2.01. The molecule has 0 spiro atoms. The predicted molar refractivity (Wildman–Crippen MR) is 78.0 cm³/mol. The first-order valence-corrected chi connectivity index (χ1v) is 6.57. The average Bonchev–Trinajstić information content (AvgIpc) is 2.39. The van der Waals surface area contributed by atoms with Gasteiger partial charge in [-0.05, 0) is 30.3 Å². The molecule has 4 nitrogen and oxygen atoms in total. The summed E-state index contributed by atoms with van der Waals surface area (Å²) < 4.78 is 0. The summed E-state index contributed by atoms with van der Waals surface area (Å²) in [6, 6.07) is 14.7. The molecule has 19 heavy (non-hydrogen) atoms. The molecule has 0 aliphatic rings. The van der Waals surface area contributed by atoms with Crippen molar-refractivity contribution in [2.45, 2.75) is 9.79 Å². The Morgan fingerprint density at radius 1 is 1.05 bits per heavy atom. The third kappa shape index (κ3) is 3.48. The number of hydrogen-bond donors (Lipinski definition) is 0. The summed E-state index contributed by atoms with van der Waals surface area (Å²) in [5.74, 6) is 0. The SMILES string of the molecule is CN(C)c1ccc(Sc2cccc([N+](=O)[O-])c2)cc1. The van der Waals surface area contributed by atoms with E-state index in [9.17, 15) is 10.1 Å². The van der Waals surface area contributed by atoms with Crippen LogP contribution in [0.15, 0.2) is 58.3 Å². The molecule has 2 aromatic rings. The quantitative estimate of drug-likeness (QED) is 0.628. The summed E-state index contributed by atoms with van der Waals surface area (Å²) >= 11 is 1.52. The van der Waals surface area contributed by atoms with E-state index in [2.05, 4.69) is 0 Å². The van der Waals surface area contributed by atoms with Gasteiger partial charge in [-0.25, -0.2) is 0 Å². The lowest BCUT2D eigenvalue weighted by Gasteiger charge is -2.12. The standard InChI is InChI=1S/C14H14N2O2S/c1-15(2)11-6-8-13(9-7-11)19-14-5-3-4-12(10-14)16(17)18/h3-10H,1-2H3. The van der Waals surface area contributed by atoms with Crippen LogP contribution in [0.3, 0.4) is 0 Å². The highest BCUT2D eigenvalue weighted by atomic mass is 32.2. The molecule has 98 valence electrons. The third-order valence-electron chi connectivity index (χ3n) is 2.62. The molecule has 0 aromatic heterocycles. The molecule has 0 saturated carbocycles. The van der Waals surface area contributed by atoms with Crippen LogP contribution in [0.2, 0.25) is 0 Å². The van der Waals surface area contributed by atoms with Crippen molar-refractivity contribution < 1.29 is 4.92 Å². The summed E-state index contributed by atoms with van der Waals surface area (Å²) in [6.07, 6.45) is 0. The molecular formula is C14H14N2O2S. The Bertz CT molecular complexity index is 582. The normalized spacial score (nSPS) is 10.2. The van der Waals surface area contributed by atoms with Crippen molar-refractivity contribution in [2.75, 3.05) is 19.0 Å². The highest BCUT2D eigenvalue weighted by Gasteiger charge is 2.06. The van der Waals surface area contributed by atoms with Gasteiger partial charge in [0.05, 0.1) is 4.92 Å². The molecule has 0 radical (unpaired) electrons. The Labute approximate surface area is 116 Å². The van der Waals surface area contributed by atoms with Gasteiger partial charge in [0.2, 0.25) is 0 Å². The van der Waals surface area contributed by atoms with Crippen LogP contribution in [0, 0.1) is 10.1 Å². The minimum absolute atomic E-state index is 0.120. The number of hydrogen-bond acceptors (Lipinski definition) is 4. The molecule has 0 fully saturated rings. The van der Waals surface area contributed by atoms with E-state index in [1.807, 2.05) is 49.3 Å². The van der Waals surface area contributed by atoms with Gasteiger partial charge in [0.1, 0.15) is 0 Å². The van der Waals surface area contributed by atoms with Crippen molar-refractivity contribution in [2.24, 2.45) is 0 Å². The molecular weight excluding hydrogens is 260 g/mol. The van der Waals surface area contributed by atoms with Crippen molar-refractivity contribution in [3.63, 3.8) is 0 Å². The molecule has 0 amide bonds. The van der Waals surface area contributed by atoms with Crippen molar-refractivity contribution >= 4 is 23.1 Å². The van der Waals surface area contributed by atoms with Crippen LogP contribution in [0.25, 0.3) is 0 Å². The molecule has 2 rings (SSSR count). The minimum Gasteiger partial charge on any atom is -0.378 e. The van der Waals surface area contributed by atoms with Gasteiger partial charge in [-0.15, -0.1) is 0 Å². The number of benzene rings is 2. The number of anilines is 1. The van der Waals surface area contributed by atoms with E-state index < -0.39 is 0 Å². The second-order valence-corrected chi connectivity index (χ2v) is 5.39. The fraction of sp³-hybridized carbons (Fsp3) is 0.143. The zero-order valence-corrected chi connectivity index (χ0v) is 11.6. The first-order valence-electron chi connectivity index (χ1n) is 5.76. The summed E-state index contributed by atoms with van der Waals surface area (Å²) in [6.45, 7) is 0. The van der Waals surface area contributed by atoms with Crippen LogP contribution in [0.4, 0.5) is 11.4 Å². The van der Waals surface area contributed by atoms with Gasteiger partial charge < -0.3 is 4.90 Å². The van der Waals surface area contributed by atoms with Gasteiger partial charge in [0.25, 0.3) is 5.69 Å². The Kier molecular flexibility index (Phi) is 4.06. The molecule has 0 heterocycles. The maximum Gasteiger partial charge on any atom is 0.270 e. The van der Waals surface area contributed by atoms with E-state index in [0.717, 1.165) is 15.5 Å². The average molecular weight is 274 g/mol. The molecule has 0 atom stereocenters. The Balaban J connectivity index is 2.16. The summed E-state index contributed by atoms with van der Waals surface area (Å²) in [5.41, 5.74) is 1.25. The van der Waals surface area contributed by atoms with Gasteiger partial charge in [-0.3, -0.25) is 10.1 Å². The van der Waals surface area contributed by atoms with Crippen molar-refractivity contribution in [3.05, 3.63) is 58.6 Å². The highest BCUT2D eigenvalue weighted by molar-refractivity contribution is 7.99. The largest absolute Gasteiger partial charge is 0.378 e. The monoisotopic (exact) mass is 274 g/mol. The zero-order chi connectivity index (χ0) is 13.8. The number of rotatable bonds is 4. The van der Waals surface area contributed by atoms with Crippen LogP contribution in [-0.4, -0.2) is 19.0 Å². The van der Waals surface area contributed by atoms with E-state index in [1.54, 1.807) is 12.1 Å². The molecule has 0 aliphatic carbocycles. The summed E-state index contributed by atoms with van der Waals surface area (Å²) in [4.78, 5) is 14.3. The molecule has 0 unspecified atom stereocenters. The summed E-state index contributed by atoms with van der Waals surface area (Å²) in [7, 11) is 3.98. The number of nitro benzene ring substituents is 1. The van der Waals surface area contributed by atoms with Crippen molar-refractivity contribution in [1.82, 2.24) is 0 Å². The van der Waals surface area contributed by atoms with Crippen LogP contribution in [-0.2, 0) is 0 Å². The van der Waals surface area contributed by atoms with Gasteiger partial charge in [-0.2, -0.15) is 0 Å². The topological polar surface area (TPSA) is 46.4 Å². The Morgan fingerprint density at radius 2 is 1.74 bits per heavy atom. The fourth-order valence-corrected chi connectivity index (χ4v) is 2.48.